The number of aryl methyl sites for hydroxylation is 1. The minimum absolute atomic E-state index is 0.00907. The highest BCUT2D eigenvalue weighted by molar-refractivity contribution is 5.98. The van der Waals surface area contributed by atoms with E-state index in [0.29, 0.717) is 37.7 Å². The van der Waals surface area contributed by atoms with Crippen molar-refractivity contribution in [3.8, 4) is 5.75 Å². The average molecular weight is 306 g/mol. The molecule has 0 aliphatic carbocycles. The van der Waals surface area contributed by atoms with Crippen molar-refractivity contribution in [3.05, 3.63) is 23.8 Å². The number of methoxy groups -OCH3 is 1. The number of benzene rings is 1. The Morgan fingerprint density at radius 1 is 1.32 bits per heavy atom. The second-order valence-corrected chi connectivity index (χ2v) is 5.27. The number of ether oxygens (including phenoxy) is 2. The van der Waals surface area contributed by atoms with Crippen LogP contribution in [0.15, 0.2) is 18.2 Å². The van der Waals surface area contributed by atoms with E-state index >= 15 is 0 Å². The van der Waals surface area contributed by atoms with Crippen molar-refractivity contribution in [2.75, 3.05) is 44.9 Å². The van der Waals surface area contributed by atoms with E-state index in [0.717, 1.165) is 5.56 Å². The van der Waals surface area contributed by atoms with Gasteiger partial charge in [0.05, 0.1) is 26.0 Å². The van der Waals surface area contributed by atoms with E-state index in [9.17, 15) is 9.59 Å². The van der Waals surface area contributed by atoms with E-state index in [4.69, 9.17) is 9.47 Å². The fourth-order valence-electron chi connectivity index (χ4n) is 2.43. The van der Waals surface area contributed by atoms with E-state index in [-0.39, 0.29) is 18.4 Å². The van der Waals surface area contributed by atoms with Gasteiger partial charge < -0.3 is 14.4 Å². The predicted molar refractivity (Wildman–Crippen MR) is 83.2 cm³/mol. The number of nitrogens with zero attached hydrogens (tertiary/aromatic N) is 2. The summed E-state index contributed by atoms with van der Waals surface area (Å²) in [6.07, 6.45) is 0. The largest absolute Gasteiger partial charge is 0.495 e. The molecular weight excluding hydrogens is 284 g/mol. The summed E-state index contributed by atoms with van der Waals surface area (Å²) in [5.41, 5.74) is 1.62. The molecule has 1 aliphatic rings. The molecule has 1 heterocycles. The van der Waals surface area contributed by atoms with Crippen molar-refractivity contribution >= 4 is 17.5 Å². The highest BCUT2D eigenvalue weighted by atomic mass is 16.5. The first kappa shape index (κ1) is 16.3. The van der Waals surface area contributed by atoms with Gasteiger partial charge in [-0.25, -0.2) is 0 Å². The smallest absolute Gasteiger partial charge is 0.242 e. The van der Waals surface area contributed by atoms with E-state index in [1.54, 1.807) is 18.1 Å². The van der Waals surface area contributed by atoms with Crippen LogP contribution in [0, 0.1) is 6.92 Å². The summed E-state index contributed by atoms with van der Waals surface area (Å²) < 4.78 is 10.6. The molecule has 0 radical (unpaired) electrons. The van der Waals surface area contributed by atoms with Gasteiger partial charge in [-0.05, 0) is 24.6 Å². The van der Waals surface area contributed by atoms with Crippen LogP contribution in [0.2, 0.25) is 0 Å². The maximum atomic E-state index is 12.4. The molecule has 2 amide bonds. The third-order valence-electron chi connectivity index (χ3n) is 3.66. The Hall–Kier alpha value is -2.08. The van der Waals surface area contributed by atoms with Gasteiger partial charge in [0.25, 0.3) is 0 Å². The van der Waals surface area contributed by atoms with Gasteiger partial charge in [-0.2, -0.15) is 0 Å². The van der Waals surface area contributed by atoms with Crippen molar-refractivity contribution in [2.45, 2.75) is 13.8 Å². The number of carbonyl (C=O) groups excluding carboxylic acids is 2. The van der Waals surface area contributed by atoms with Gasteiger partial charge >= 0.3 is 0 Å². The highest BCUT2D eigenvalue weighted by Gasteiger charge is 2.24. The number of hydrogen-bond donors (Lipinski definition) is 0. The van der Waals surface area contributed by atoms with Crippen molar-refractivity contribution in [1.29, 1.82) is 0 Å². The molecule has 0 N–H and O–H groups in total. The van der Waals surface area contributed by atoms with Crippen LogP contribution in [0.25, 0.3) is 0 Å². The van der Waals surface area contributed by atoms with Gasteiger partial charge in [0.1, 0.15) is 12.3 Å². The number of anilines is 1. The van der Waals surface area contributed by atoms with E-state index in [1.165, 1.54) is 11.8 Å². The molecule has 2 rings (SSSR count). The molecular formula is C16H22N2O4. The number of carbonyl (C=O) groups is 2. The first-order valence-corrected chi connectivity index (χ1v) is 7.31. The van der Waals surface area contributed by atoms with Crippen molar-refractivity contribution in [1.82, 2.24) is 4.90 Å². The van der Waals surface area contributed by atoms with Crippen molar-refractivity contribution in [2.24, 2.45) is 0 Å². The van der Waals surface area contributed by atoms with Gasteiger partial charge in [-0.3, -0.25) is 14.5 Å². The topological polar surface area (TPSA) is 59.1 Å². The van der Waals surface area contributed by atoms with Crippen LogP contribution >= 0.6 is 0 Å². The average Bonchev–Trinajstić information content (AvgIpc) is 2.53. The molecule has 0 atom stereocenters. The molecule has 6 heteroatoms. The quantitative estimate of drug-likeness (QED) is 0.839. The Kier molecular flexibility index (Phi) is 5.38. The second-order valence-electron chi connectivity index (χ2n) is 5.27. The number of rotatable bonds is 4. The summed E-state index contributed by atoms with van der Waals surface area (Å²) >= 11 is 0. The fraction of sp³-hybridized carbons (Fsp3) is 0.500. The minimum Gasteiger partial charge on any atom is -0.495 e. The lowest BCUT2D eigenvalue weighted by molar-refractivity contribution is -0.134. The Morgan fingerprint density at radius 3 is 2.59 bits per heavy atom. The molecule has 0 unspecified atom stereocenters. The third-order valence-corrected chi connectivity index (χ3v) is 3.66. The van der Waals surface area contributed by atoms with E-state index in [2.05, 4.69) is 0 Å². The van der Waals surface area contributed by atoms with Crippen LogP contribution in [-0.4, -0.2) is 56.7 Å². The Morgan fingerprint density at radius 2 is 2.00 bits per heavy atom. The summed E-state index contributed by atoms with van der Waals surface area (Å²) in [6.45, 7) is 5.61. The molecule has 0 bridgehead atoms. The molecule has 0 aromatic heterocycles. The van der Waals surface area contributed by atoms with Crippen LogP contribution in [0.1, 0.15) is 12.5 Å². The maximum absolute atomic E-state index is 12.4. The van der Waals surface area contributed by atoms with E-state index in [1.807, 2.05) is 19.1 Å². The first-order chi connectivity index (χ1) is 10.5. The molecule has 1 aromatic rings. The van der Waals surface area contributed by atoms with Crippen LogP contribution < -0.4 is 9.64 Å². The zero-order valence-electron chi connectivity index (χ0n) is 13.3. The van der Waals surface area contributed by atoms with Crippen LogP contribution in [-0.2, 0) is 14.3 Å². The SMILES string of the molecule is COc1ccc(C)cc1N(CC(=O)N1CCOCC1)C(C)=O. The number of amides is 2. The standard InChI is InChI=1S/C16H22N2O4/c1-12-4-5-15(21-3)14(10-12)18(13(2)19)11-16(20)17-6-8-22-9-7-17/h4-5,10H,6-9,11H2,1-3H3. The monoisotopic (exact) mass is 306 g/mol. The molecule has 1 aliphatic heterocycles. The molecule has 120 valence electrons. The zero-order chi connectivity index (χ0) is 16.1. The molecule has 1 saturated heterocycles. The first-order valence-electron chi connectivity index (χ1n) is 7.31. The lowest BCUT2D eigenvalue weighted by Gasteiger charge is -2.30. The molecule has 1 fully saturated rings. The van der Waals surface area contributed by atoms with Crippen LogP contribution in [0.5, 0.6) is 5.75 Å². The van der Waals surface area contributed by atoms with Crippen LogP contribution in [0.4, 0.5) is 5.69 Å². The molecule has 0 spiro atoms. The van der Waals surface area contributed by atoms with Gasteiger partial charge in [0, 0.05) is 20.0 Å². The summed E-state index contributed by atoms with van der Waals surface area (Å²) in [4.78, 5) is 27.6. The summed E-state index contributed by atoms with van der Waals surface area (Å²) in [5.74, 6) is 0.308. The van der Waals surface area contributed by atoms with Gasteiger partial charge in [0.2, 0.25) is 11.8 Å². The molecule has 0 saturated carbocycles. The van der Waals surface area contributed by atoms with Crippen molar-refractivity contribution < 1.29 is 19.1 Å². The van der Waals surface area contributed by atoms with Gasteiger partial charge in [-0.15, -0.1) is 0 Å². The van der Waals surface area contributed by atoms with E-state index < -0.39 is 0 Å². The number of hydrogen-bond acceptors (Lipinski definition) is 4. The third kappa shape index (κ3) is 3.76. The summed E-state index contributed by atoms with van der Waals surface area (Å²) in [6, 6.07) is 5.57. The molecule has 6 nitrogen and oxygen atoms in total. The van der Waals surface area contributed by atoms with Gasteiger partial charge in [0.15, 0.2) is 0 Å². The summed E-state index contributed by atoms with van der Waals surface area (Å²) in [5, 5.41) is 0. The highest BCUT2D eigenvalue weighted by Crippen LogP contribution is 2.29. The van der Waals surface area contributed by atoms with Gasteiger partial charge in [-0.1, -0.05) is 6.07 Å². The molecule has 22 heavy (non-hydrogen) atoms. The van der Waals surface area contributed by atoms with Crippen molar-refractivity contribution in [3.63, 3.8) is 0 Å². The normalized spacial score (nSPS) is 14.6. The number of morpholine rings is 1. The molecule has 1 aromatic carbocycles. The fourth-order valence-corrected chi connectivity index (χ4v) is 2.43. The Bertz CT molecular complexity index is 553. The lowest BCUT2D eigenvalue weighted by atomic mass is 10.2. The predicted octanol–water partition coefficient (Wildman–Crippen LogP) is 1.22. The van der Waals surface area contributed by atoms with Crippen LogP contribution in [0.3, 0.4) is 0 Å². The zero-order valence-corrected chi connectivity index (χ0v) is 13.3. The Balaban J connectivity index is 2.21. The maximum Gasteiger partial charge on any atom is 0.242 e. The summed E-state index contributed by atoms with van der Waals surface area (Å²) in [7, 11) is 1.55. The minimum atomic E-state index is -0.189. The Labute approximate surface area is 130 Å². The second kappa shape index (κ2) is 7.26. The lowest BCUT2D eigenvalue weighted by Crippen LogP contribution is -2.47.